The monoisotopic (exact) mass is 719 g/mol. The Morgan fingerprint density at radius 1 is 1.14 bits per heavy atom. The number of aromatic nitrogens is 4. The van der Waals surface area contributed by atoms with E-state index in [1.165, 1.54) is 4.90 Å². The minimum absolute atomic E-state index is 0.0171. The van der Waals surface area contributed by atoms with Gasteiger partial charge in [-0.1, -0.05) is 11.6 Å². The molecule has 0 radical (unpaired) electrons. The van der Waals surface area contributed by atoms with Crippen molar-refractivity contribution in [3.05, 3.63) is 43.1 Å². The van der Waals surface area contributed by atoms with E-state index >= 15 is 0 Å². The number of carbonyl (C=O) groups excluding carboxylic acids is 1. The maximum atomic E-state index is 12.9. The van der Waals surface area contributed by atoms with Gasteiger partial charge in [-0.05, 0) is 42.6 Å². The zero-order chi connectivity index (χ0) is 34.8. The van der Waals surface area contributed by atoms with Gasteiger partial charge in [-0.2, -0.15) is 25.6 Å². The average Bonchev–Trinajstić information content (AvgIpc) is 3.61. The Morgan fingerprint density at radius 2 is 1.92 bits per heavy atom. The predicted octanol–water partition coefficient (Wildman–Crippen LogP) is 2.51. The number of thiol groups is 1. The van der Waals surface area contributed by atoms with Gasteiger partial charge in [0, 0.05) is 70.7 Å². The molecule has 0 aromatic carbocycles. The Morgan fingerprint density at radius 3 is 2.58 bits per heavy atom. The minimum atomic E-state index is -1.42. The second-order valence-corrected chi connectivity index (χ2v) is 17.0. The molecule has 16 heteroatoms. The van der Waals surface area contributed by atoms with Gasteiger partial charge in [0.1, 0.15) is 22.7 Å². The van der Waals surface area contributed by atoms with Crippen molar-refractivity contribution in [2.75, 3.05) is 78.1 Å². The van der Waals surface area contributed by atoms with Crippen LogP contribution >= 0.6 is 22.5 Å². The molecule has 1 spiro atoms. The van der Waals surface area contributed by atoms with E-state index in [2.05, 4.69) is 27.5 Å². The third-order valence-electron chi connectivity index (χ3n) is 11.1. The van der Waals surface area contributed by atoms with Crippen LogP contribution in [0.1, 0.15) is 53.8 Å². The van der Waals surface area contributed by atoms with Crippen LogP contribution in [-0.4, -0.2) is 109 Å². The van der Waals surface area contributed by atoms with Crippen molar-refractivity contribution in [3.8, 4) is 18.1 Å². The summed E-state index contributed by atoms with van der Waals surface area (Å²) in [5.41, 5.74) is 9.63. The van der Waals surface area contributed by atoms with Gasteiger partial charge in [0.25, 0.3) is 5.91 Å². The maximum Gasteiger partial charge on any atom is 0.319 e. The minimum Gasteiger partial charge on any atom is -0.463 e. The first kappa shape index (κ1) is 33.3. The van der Waals surface area contributed by atoms with Crippen LogP contribution in [0.4, 0.5) is 5.82 Å². The number of aryl methyl sites for hydroxylation is 1. The molecule has 6 heterocycles. The lowest BCUT2D eigenvalue weighted by molar-refractivity contribution is 0.0231. The first-order chi connectivity index (χ1) is 24.2. The van der Waals surface area contributed by atoms with E-state index in [-0.39, 0.29) is 35.0 Å². The molecular formula is C34H42ClN11O3S. The highest BCUT2D eigenvalue weighted by molar-refractivity contribution is 8.24. The number of nitrogens with zero attached hydrogens (tertiary/aromatic N) is 9. The number of amides is 1. The van der Waals surface area contributed by atoms with Crippen molar-refractivity contribution in [2.24, 2.45) is 16.6 Å². The number of carbonyl (C=O) groups is 1. The van der Waals surface area contributed by atoms with Crippen LogP contribution in [0.25, 0.3) is 0 Å². The maximum absolute atomic E-state index is 12.9. The van der Waals surface area contributed by atoms with Gasteiger partial charge >= 0.3 is 6.01 Å². The van der Waals surface area contributed by atoms with Gasteiger partial charge in [0.05, 0.1) is 47.7 Å². The summed E-state index contributed by atoms with van der Waals surface area (Å²) in [4.78, 5) is 29.9. The molecule has 4 aliphatic heterocycles. The molecule has 2 aromatic rings. The van der Waals surface area contributed by atoms with E-state index in [9.17, 15) is 15.3 Å². The summed E-state index contributed by atoms with van der Waals surface area (Å²) >= 11 is 6.84. The summed E-state index contributed by atoms with van der Waals surface area (Å²) in [6, 6.07) is 5.07. The Hall–Kier alpha value is -3.86. The summed E-state index contributed by atoms with van der Waals surface area (Å²) in [5, 5.41) is 30.5. The molecule has 6 aliphatic rings. The average molecular weight is 720 g/mol. The second-order valence-electron chi connectivity index (χ2n) is 14.5. The molecule has 14 nitrogen and oxygen atoms in total. The highest BCUT2D eigenvalue weighted by Gasteiger charge is 2.52. The molecule has 3 N–H and O–H groups in total. The smallest absolute Gasteiger partial charge is 0.319 e. The second kappa shape index (κ2) is 12.7. The largest absolute Gasteiger partial charge is 0.463 e. The van der Waals surface area contributed by atoms with Crippen LogP contribution in [0.5, 0.6) is 6.01 Å². The molecule has 2 aliphatic carbocycles. The number of rotatable bonds is 8. The number of allylic oxidation sites excluding steroid dienone is 2. The molecular weight excluding hydrogens is 678 g/mol. The molecule has 2 saturated heterocycles. The number of morpholine rings is 1. The third kappa shape index (κ3) is 5.51. The molecule has 50 heavy (non-hydrogen) atoms. The van der Waals surface area contributed by atoms with E-state index in [1.54, 1.807) is 18.8 Å². The van der Waals surface area contributed by atoms with E-state index in [0.717, 1.165) is 82.1 Å². The fourth-order valence-corrected chi connectivity index (χ4v) is 10.9. The molecule has 0 bridgehead atoms. The first-order valence-corrected chi connectivity index (χ1v) is 19.0. The number of ether oxygens (including phenoxy) is 2. The zero-order valence-corrected chi connectivity index (χ0v) is 30.1. The van der Waals surface area contributed by atoms with Crippen LogP contribution in [-0.2, 0) is 17.8 Å². The lowest BCUT2D eigenvalue weighted by atomic mass is 9.73. The SMILES string of the molecule is CN(C)C(=O)c1nn2c(c1Cl)CN(c1nc(OCC3(CN4CCOCC4)CC3)nc([SH]3C(N)=C(C#N)C4=C3CCC43CNC3)c1C#N)CCC2. The van der Waals surface area contributed by atoms with Crippen molar-refractivity contribution in [2.45, 2.75) is 50.2 Å². The van der Waals surface area contributed by atoms with Gasteiger partial charge in [-0.15, -0.1) is 10.9 Å². The van der Waals surface area contributed by atoms with Crippen molar-refractivity contribution < 1.29 is 14.3 Å². The van der Waals surface area contributed by atoms with Crippen molar-refractivity contribution in [3.63, 3.8) is 0 Å². The number of nitrogens with one attached hydrogen (secondary N) is 1. The lowest BCUT2D eigenvalue weighted by Gasteiger charge is -2.41. The van der Waals surface area contributed by atoms with Gasteiger partial charge < -0.3 is 30.3 Å². The van der Waals surface area contributed by atoms with E-state index < -0.39 is 10.9 Å². The normalized spacial score (nSPS) is 24.3. The third-order valence-corrected chi connectivity index (χ3v) is 13.9. The summed E-state index contributed by atoms with van der Waals surface area (Å²) in [5.74, 6) is 0.170. The molecule has 8 rings (SSSR count). The number of anilines is 1. The molecule has 1 amide bonds. The molecule has 3 fully saturated rings. The lowest BCUT2D eigenvalue weighted by Crippen LogP contribution is -2.53. The Labute approximate surface area is 299 Å². The van der Waals surface area contributed by atoms with Gasteiger partial charge in [0.15, 0.2) is 11.5 Å². The highest BCUT2D eigenvalue weighted by Crippen LogP contribution is 2.66. The number of hydrogen-bond donors (Lipinski definition) is 3. The van der Waals surface area contributed by atoms with E-state index in [1.807, 2.05) is 4.90 Å². The molecule has 264 valence electrons. The number of nitrogens with two attached hydrogens (primary N) is 1. The quantitative estimate of drug-likeness (QED) is 0.269. The van der Waals surface area contributed by atoms with E-state index in [4.69, 9.17) is 36.8 Å². The zero-order valence-electron chi connectivity index (χ0n) is 28.5. The van der Waals surface area contributed by atoms with Crippen LogP contribution in [0.15, 0.2) is 26.1 Å². The summed E-state index contributed by atoms with van der Waals surface area (Å²) in [7, 11) is 1.92. The van der Waals surface area contributed by atoms with Crippen LogP contribution in [0.3, 0.4) is 0 Å². The molecule has 2 aromatic heterocycles. The van der Waals surface area contributed by atoms with Gasteiger partial charge in [0.2, 0.25) is 0 Å². The standard InChI is InChI=1S/C34H42ClN11O3S/c1-43(2)31(47)27-26(35)23-16-45(8-3-9-46(23)42-27)29-22(15-37)30(50-24-4-5-34(17-39-18-34)25(24)21(14-36)28(50)38)41-32(40-29)49-20-33(6-7-33)19-44-10-12-48-13-11-44/h39,50H,3-13,16-20,38H2,1-2H3. The molecule has 1 unspecified atom stereocenters. The number of fused-ring (bicyclic) bond motifs is 2. The van der Waals surface area contributed by atoms with Gasteiger partial charge in [-0.25, -0.2) is 0 Å². The van der Waals surface area contributed by atoms with Crippen molar-refractivity contribution in [1.29, 1.82) is 10.5 Å². The van der Waals surface area contributed by atoms with Gasteiger partial charge in [-0.3, -0.25) is 14.4 Å². The summed E-state index contributed by atoms with van der Waals surface area (Å²) in [6.45, 7) is 7.71. The Kier molecular flexibility index (Phi) is 8.47. The van der Waals surface area contributed by atoms with Crippen LogP contribution < -0.4 is 20.7 Å². The predicted molar refractivity (Wildman–Crippen MR) is 188 cm³/mol. The Bertz CT molecular complexity index is 1900. The summed E-state index contributed by atoms with van der Waals surface area (Å²) < 4.78 is 13.9. The first-order valence-electron chi connectivity index (χ1n) is 17.3. The van der Waals surface area contributed by atoms with Crippen molar-refractivity contribution >= 4 is 34.2 Å². The van der Waals surface area contributed by atoms with Crippen LogP contribution in [0.2, 0.25) is 5.02 Å². The van der Waals surface area contributed by atoms with Crippen molar-refractivity contribution in [1.82, 2.24) is 34.9 Å². The highest BCUT2D eigenvalue weighted by atomic mass is 35.5. The van der Waals surface area contributed by atoms with E-state index in [0.29, 0.717) is 63.8 Å². The fourth-order valence-electron chi connectivity index (χ4n) is 8.03. The Balaban J connectivity index is 1.19. The number of hydrogen-bond acceptors (Lipinski definition) is 12. The molecule has 1 atom stereocenters. The summed E-state index contributed by atoms with van der Waals surface area (Å²) in [6.07, 6.45) is 4.55. The number of nitriles is 2. The fraction of sp³-hybridized carbons (Fsp3) is 0.588. The number of halogens is 1. The van der Waals surface area contributed by atoms with Crippen LogP contribution in [0, 0.1) is 33.5 Å². The molecule has 1 saturated carbocycles. The topological polar surface area (TPSA) is 174 Å².